The van der Waals surface area contributed by atoms with Crippen molar-refractivity contribution < 1.29 is 4.79 Å². The zero-order chi connectivity index (χ0) is 19.6. The van der Waals surface area contributed by atoms with Crippen LogP contribution in [0.5, 0.6) is 0 Å². The monoisotopic (exact) mass is 401 g/mol. The molecule has 3 rings (SSSR count). The van der Waals surface area contributed by atoms with Gasteiger partial charge in [0.15, 0.2) is 0 Å². The first kappa shape index (κ1) is 19.1. The molecule has 0 atom stereocenters. The van der Waals surface area contributed by atoms with Crippen LogP contribution in [0.3, 0.4) is 0 Å². The van der Waals surface area contributed by atoms with Gasteiger partial charge in [0, 0.05) is 27.4 Å². The minimum Gasteiger partial charge on any atom is -0.324 e. The van der Waals surface area contributed by atoms with E-state index >= 15 is 0 Å². The van der Waals surface area contributed by atoms with Crippen molar-refractivity contribution in [1.82, 2.24) is 9.78 Å². The Morgan fingerprint density at radius 3 is 2.41 bits per heavy atom. The van der Waals surface area contributed by atoms with E-state index in [0.717, 1.165) is 21.4 Å². The molecular weight excluding hydrogens is 385 g/mol. The van der Waals surface area contributed by atoms with Gasteiger partial charge in [0.2, 0.25) is 5.91 Å². The highest BCUT2D eigenvalue weighted by atomic mass is 35.5. The number of rotatable bonds is 4. The number of hydrogen-bond acceptors (Lipinski definition) is 3. The molecule has 0 aliphatic heterocycles. The van der Waals surface area contributed by atoms with Crippen LogP contribution >= 0.6 is 23.2 Å². The number of nitrogens with zero attached hydrogens (tertiary/aromatic N) is 2. The van der Waals surface area contributed by atoms with Crippen molar-refractivity contribution in [2.45, 2.75) is 20.4 Å². The molecule has 3 aromatic rings. The van der Waals surface area contributed by atoms with Gasteiger partial charge in [0.1, 0.15) is 6.54 Å². The number of carbonyl (C=O) groups excluding carboxylic acids is 1. The number of nitrogens with one attached hydrogen (secondary N) is 1. The predicted molar refractivity (Wildman–Crippen MR) is 108 cm³/mol. The van der Waals surface area contributed by atoms with E-state index in [2.05, 4.69) is 10.4 Å². The average Bonchev–Trinajstić information content (AvgIpc) is 2.56. The molecule has 0 aliphatic carbocycles. The molecule has 0 aliphatic rings. The number of aryl methyl sites for hydroxylation is 2. The zero-order valence-electron chi connectivity index (χ0n) is 14.8. The van der Waals surface area contributed by atoms with Gasteiger partial charge in [-0.25, -0.2) is 4.68 Å². The van der Waals surface area contributed by atoms with Gasteiger partial charge in [-0.2, -0.15) is 5.10 Å². The summed E-state index contributed by atoms with van der Waals surface area (Å²) in [5.74, 6) is -0.402. The second-order valence-electron chi connectivity index (χ2n) is 6.24. The predicted octanol–water partition coefficient (Wildman–Crippen LogP) is 4.47. The summed E-state index contributed by atoms with van der Waals surface area (Å²) in [4.78, 5) is 24.4. The fraction of sp³-hybridized carbons (Fsp3) is 0.150. The molecule has 0 radical (unpaired) electrons. The topological polar surface area (TPSA) is 64.0 Å². The number of carbonyl (C=O) groups is 1. The molecule has 7 heteroatoms. The third-order valence-electron chi connectivity index (χ3n) is 3.96. The van der Waals surface area contributed by atoms with Crippen molar-refractivity contribution >= 4 is 34.8 Å². The highest BCUT2D eigenvalue weighted by molar-refractivity contribution is 6.35. The van der Waals surface area contributed by atoms with Crippen LogP contribution in [-0.4, -0.2) is 15.7 Å². The Kier molecular flexibility index (Phi) is 5.63. The van der Waals surface area contributed by atoms with E-state index in [0.29, 0.717) is 21.4 Å². The second-order valence-corrected chi connectivity index (χ2v) is 7.11. The number of aromatic nitrogens is 2. The molecule has 0 spiro atoms. The van der Waals surface area contributed by atoms with Crippen LogP contribution in [-0.2, 0) is 11.3 Å². The van der Waals surface area contributed by atoms with Crippen molar-refractivity contribution in [2.75, 3.05) is 5.32 Å². The smallest absolute Gasteiger partial charge is 0.267 e. The Hall–Kier alpha value is -2.63. The summed E-state index contributed by atoms with van der Waals surface area (Å²) in [5.41, 5.74) is 3.83. The molecule has 0 bridgehead atoms. The molecule has 1 aromatic heterocycles. The van der Waals surface area contributed by atoms with Crippen LogP contribution in [0.4, 0.5) is 5.69 Å². The van der Waals surface area contributed by atoms with E-state index in [-0.39, 0.29) is 12.1 Å². The Labute approximate surface area is 166 Å². The van der Waals surface area contributed by atoms with Crippen LogP contribution in [0.25, 0.3) is 11.3 Å². The van der Waals surface area contributed by atoms with Gasteiger partial charge in [-0.3, -0.25) is 9.59 Å². The van der Waals surface area contributed by atoms with Crippen LogP contribution in [0.15, 0.2) is 53.3 Å². The van der Waals surface area contributed by atoms with Crippen molar-refractivity contribution in [1.29, 1.82) is 0 Å². The van der Waals surface area contributed by atoms with Crippen molar-refractivity contribution in [3.8, 4) is 11.3 Å². The summed E-state index contributed by atoms with van der Waals surface area (Å²) in [5, 5.41) is 7.83. The maximum atomic E-state index is 12.3. The van der Waals surface area contributed by atoms with Gasteiger partial charge in [-0.05, 0) is 43.7 Å². The lowest BCUT2D eigenvalue weighted by Crippen LogP contribution is -2.29. The lowest BCUT2D eigenvalue weighted by atomic mass is 10.0. The summed E-state index contributed by atoms with van der Waals surface area (Å²) in [6, 6.07) is 13.8. The van der Waals surface area contributed by atoms with Crippen molar-refractivity contribution in [3.05, 3.63) is 80.1 Å². The molecule has 27 heavy (non-hydrogen) atoms. The normalized spacial score (nSPS) is 10.7. The average molecular weight is 402 g/mol. The summed E-state index contributed by atoms with van der Waals surface area (Å²) < 4.78 is 1.14. The number of benzene rings is 2. The van der Waals surface area contributed by atoms with Crippen molar-refractivity contribution in [2.24, 2.45) is 0 Å². The summed E-state index contributed by atoms with van der Waals surface area (Å²) in [6.07, 6.45) is 0. The number of halogens is 2. The van der Waals surface area contributed by atoms with Crippen LogP contribution in [0, 0.1) is 13.8 Å². The van der Waals surface area contributed by atoms with E-state index in [1.165, 1.54) is 6.07 Å². The van der Waals surface area contributed by atoms with Crippen LogP contribution < -0.4 is 10.9 Å². The molecule has 0 saturated carbocycles. The zero-order valence-corrected chi connectivity index (χ0v) is 16.3. The summed E-state index contributed by atoms with van der Waals surface area (Å²) in [6.45, 7) is 3.77. The van der Waals surface area contributed by atoms with E-state index in [1.54, 1.807) is 24.3 Å². The SMILES string of the molecule is Cc1ccc(-c2ccc(=O)n(CC(=O)Nc3cc(Cl)cc(Cl)c3)n2)c(C)c1. The molecule has 138 valence electrons. The van der Waals surface area contributed by atoms with Gasteiger partial charge in [-0.1, -0.05) is 47.0 Å². The first-order valence-corrected chi connectivity index (χ1v) is 8.99. The fourth-order valence-corrected chi connectivity index (χ4v) is 3.30. The minimum atomic E-state index is -0.402. The maximum Gasteiger partial charge on any atom is 0.267 e. The molecule has 0 fully saturated rings. The third-order valence-corrected chi connectivity index (χ3v) is 4.40. The lowest BCUT2D eigenvalue weighted by Gasteiger charge is -2.10. The van der Waals surface area contributed by atoms with Crippen LogP contribution in [0.2, 0.25) is 10.0 Å². The van der Waals surface area contributed by atoms with Gasteiger partial charge in [0.05, 0.1) is 5.69 Å². The fourth-order valence-electron chi connectivity index (χ4n) is 2.77. The molecule has 1 amide bonds. The van der Waals surface area contributed by atoms with Gasteiger partial charge in [-0.15, -0.1) is 0 Å². The molecule has 1 heterocycles. The quantitative estimate of drug-likeness (QED) is 0.700. The first-order chi connectivity index (χ1) is 12.8. The molecular formula is C20H17Cl2N3O2. The second kappa shape index (κ2) is 7.94. The number of anilines is 1. The van der Waals surface area contributed by atoms with Gasteiger partial charge >= 0.3 is 0 Å². The maximum absolute atomic E-state index is 12.3. The summed E-state index contributed by atoms with van der Waals surface area (Å²) in [7, 11) is 0. The molecule has 0 saturated heterocycles. The Morgan fingerprint density at radius 1 is 1.04 bits per heavy atom. The number of amides is 1. The van der Waals surface area contributed by atoms with Gasteiger partial charge < -0.3 is 5.32 Å². The van der Waals surface area contributed by atoms with E-state index in [4.69, 9.17) is 23.2 Å². The molecule has 5 nitrogen and oxygen atoms in total. The van der Waals surface area contributed by atoms with E-state index in [9.17, 15) is 9.59 Å². The molecule has 0 unspecified atom stereocenters. The van der Waals surface area contributed by atoms with E-state index in [1.807, 2.05) is 32.0 Å². The Morgan fingerprint density at radius 2 is 1.74 bits per heavy atom. The standard InChI is InChI=1S/C20H17Cl2N3O2/c1-12-3-4-17(13(2)7-12)18-5-6-20(27)25(24-18)11-19(26)23-16-9-14(21)8-15(22)10-16/h3-10H,11H2,1-2H3,(H,23,26). The van der Waals surface area contributed by atoms with E-state index < -0.39 is 5.91 Å². The molecule has 1 N–H and O–H groups in total. The van der Waals surface area contributed by atoms with Crippen molar-refractivity contribution in [3.63, 3.8) is 0 Å². The van der Waals surface area contributed by atoms with Crippen LogP contribution in [0.1, 0.15) is 11.1 Å². The third kappa shape index (κ3) is 4.76. The Balaban J connectivity index is 1.84. The first-order valence-electron chi connectivity index (χ1n) is 8.23. The largest absolute Gasteiger partial charge is 0.324 e. The molecule has 2 aromatic carbocycles. The highest BCUT2D eigenvalue weighted by Crippen LogP contribution is 2.23. The van der Waals surface area contributed by atoms with Gasteiger partial charge in [0.25, 0.3) is 5.56 Å². The summed E-state index contributed by atoms with van der Waals surface area (Å²) >= 11 is 11.9. The lowest BCUT2D eigenvalue weighted by molar-refractivity contribution is -0.117. The number of hydrogen-bond donors (Lipinski definition) is 1. The highest BCUT2D eigenvalue weighted by Gasteiger charge is 2.10. The minimum absolute atomic E-state index is 0.221. The Bertz CT molecular complexity index is 1060.